The number of aromatic carboxylic acids is 1. The van der Waals surface area contributed by atoms with Crippen LogP contribution in [0.25, 0.3) is 0 Å². The molecule has 2 aromatic rings. The minimum Gasteiger partial charge on any atom is -0.497 e. The predicted octanol–water partition coefficient (Wildman–Crippen LogP) is 4.45. The summed E-state index contributed by atoms with van der Waals surface area (Å²) in [5.41, 5.74) is 1.34. The Morgan fingerprint density at radius 2 is 2.10 bits per heavy atom. The maximum absolute atomic E-state index is 10.9. The molecule has 0 spiro atoms. The van der Waals surface area contributed by atoms with Crippen LogP contribution in [-0.2, 0) is 5.75 Å². The van der Waals surface area contributed by atoms with Crippen molar-refractivity contribution in [2.24, 2.45) is 0 Å². The van der Waals surface area contributed by atoms with Gasteiger partial charge in [0.05, 0.1) is 12.7 Å². The topological polar surface area (TPSA) is 46.5 Å². The van der Waals surface area contributed by atoms with Crippen molar-refractivity contribution in [3.8, 4) is 5.75 Å². The number of carboxylic acids is 1. The Bertz CT molecular complexity index is 628. The van der Waals surface area contributed by atoms with Gasteiger partial charge in [0.15, 0.2) is 0 Å². The van der Waals surface area contributed by atoms with Crippen molar-refractivity contribution in [2.45, 2.75) is 10.6 Å². The van der Waals surface area contributed by atoms with Gasteiger partial charge in [0.1, 0.15) is 5.75 Å². The van der Waals surface area contributed by atoms with E-state index < -0.39 is 5.97 Å². The lowest BCUT2D eigenvalue weighted by Gasteiger charge is -2.07. The van der Waals surface area contributed by atoms with E-state index in [0.717, 1.165) is 26.4 Å². The van der Waals surface area contributed by atoms with E-state index in [1.54, 1.807) is 31.0 Å². The van der Waals surface area contributed by atoms with Crippen molar-refractivity contribution >= 4 is 33.7 Å². The molecule has 0 aliphatic rings. The Balaban J connectivity index is 2.08. The normalized spacial score (nSPS) is 10.3. The van der Waals surface area contributed by atoms with Gasteiger partial charge < -0.3 is 9.84 Å². The number of thioether (sulfide) groups is 1. The molecule has 3 nitrogen and oxygen atoms in total. The monoisotopic (exact) mass is 352 g/mol. The summed E-state index contributed by atoms with van der Waals surface area (Å²) in [4.78, 5) is 12.0. The molecule has 5 heteroatoms. The van der Waals surface area contributed by atoms with Gasteiger partial charge in [0.2, 0.25) is 0 Å². The summed E-state index contributed by atoms with van der Waals surface area (Å²) in [5.74, 6) is 0.668. The molecule has 2 aromatic carbocycles. The summed E-state index contributed by atoms with van der Waals surface area (Å²) < 4.78 is 6.00. The molecule has 0 saturated heterocycles. The number of halogens is 1. The fourth-order valence-corrected chi connectivity index (χ4v) is 3.30. The standard InChI is InChI=1S/C15H13BrO3S/c1-19-12-3-2-4-13(8-12)20-9-11-6-5-10(15(17)18)7-14(11)16/h2-8H,9H2,1H3,(H,17,18). The van der Waals surface area contributed by atoms with Crippen LogP contribution in [-0.4, -0.2) is 18.2 Å². The second-order valence-corrected chi connectivity index (χ2v) is 5.98. The highest BCUT2D eigenvalue weighted by atomic mass is 79.9. The fraction of sp³-hybridized carbons (Fsp3) is 0.133. The van der Waals surface area contributed by atoms with Gasteiger partial charge in [-0.1, -0.05) is 28.1 Å². The first kappa shape index (κ1) is 14.9. The molecule has 0 aromatic heterocycles. The number of hydrogen-bond acceptors (Lipinski definition) is 3. The molecule has 0 atom stereocenters. The zero-order valence-electron chi connectivity index (χ0n) is 10.8. The molecule has 0 aliphatic heterocycles. The van der Waals surface area contributed by atoms with Gasteiger partial charge in [-0.2, -0.15) is 0 Å². The molecule has 0 fully saturated rings. The minimum absolute atomic E-state index is 0.284. The lowest BCUT2D eigenvalue weighted by Crippen LogP contribution is -1.96. The molecule has 0 radical (unpaired) electrons. The van der Waals surface area contributed by atoms with Crippen LogP contribution in [0.5, 0.6) is 5.75 Å². The molecule has 0 amide bonds. The molecular weight excluding hydrogens is 340 g/mol. The highest BCUT2D eigenvalue weighted by Gasteiger charge is 2.07. The van der Waals surface area contributed by atoms with Crippen LogP contribution in [0.2, 0.25) is 0 Å². The molecule has 1 N–H and O–H groups in total. The zero-order valence-corrected chi connectivity index (χ0v) is 13.2. The molecule has 2 rings (SSSR count). The van der Waals surface area contributed by atoms with Crippen LogP contribution in [0.3, 0.4) is 0 Å². The van der Waals surface area contributed by atoms with Crippen molar-refractivity contribution in [3.05, 3.63) is 58.1 Å². The lowest BCUT2D eigenvalue weighted by atomic mass is 10.1. The second kappa shape index (κ2) is 6.81. The van der Waals surface area contributed by atoms with E-state index in [1.807, 2.05) is 30.3 Å². The molecule has 104 valence electrons. The lowest BCUT2D eigenvalue weighted by molar-refractivity contribution is 0.0697. The average molecular weight is 353 g/mol. The molecule has 0 unspecified atom stereocenters. The van der Waals surface area contributed by atoms with Crippen LogP contribution >= 0.6 is 27.7 Å². The predicted molar refractivity (Wildman–Crippen MR) is 83.7 cm³/mol. The first-order chi connectivity index (χ1) is 9.60. The number of methoxy groups -OCH3 is 1. The van der Waals surface area contributed by atoms with Gasteiger partial charge in [-0.05, 0) is 35.9 Å². The molecule has 0 heterocycles. The van der Waals surface area contributed by atoms with Crippen molar-refractivity contribution in [2.75, 3.05) is 7.11 Å². The maximum atomic E-state index is 10.9. The summed E-state index contributed by atoms with van der Waals surface area (Å²) in [6.07, 6.45) is 0. The Morgan fingerprint density at radius 3 is 2.75 bits per heavy atom. The van der Waals surface area contributed by atoms with Crippen molar-refractivity contribution in [3.63, 3.8) is 0 Å². The largest absolute Gasteiger partial charge is 0.497 e. The summed E-state index contributed by atoms with van der Waals surface area (Å²) in [6.45, 7) is 0. The van der Waals surface area contributed by atoms with E-state index >= 15 is 0 Å². The summed E-state index contributed by atoms with van der Waals surface area (Å²) >= 11 is 5.09. The quantitative estimate of drug-likeness (QED) is 0.807. The van der Waals surface area contributed by atoms with Gasteiger partial charge in [0.25, 0.3) is 0 Å². The molecule has 20 heavy (non-hydrogen) atoms. The zero-order chi connectivity index (χ0) is 14.5. The van der Waals surface area contributed by atoms with E-state index in [2.05, 4.69) is 15.9 Å². The average Bonchev–Trinajstić information content (AvgIpc) is 2.46. The third-order valence-electron chi connectivity index (χ3n) is 2.74. The van der Waals surface area contributed by atoms with Gasteiger partial charge in [-0.25, -0.2) is 4.79 Å². The van der Waals surface area contributed by atoms with Crippen LogP contribution in [0.1, 0.15) is 15.9 Å². The number of rotatable bonds is 5. The van der Waals surface area contributed by atoms with E-state index in [-0.39, 0.29) is 5.56 Å². The van der Waals surface area contributed by atoms with E-state index in [0.29, 0.717) is 0 Å². The summed E-state index contributed by atoms with van der Waals surface area (Å²) in [6, 6.07) is 12.9. The molecule has 0 aliphatic carbocycles. The number of hydrogen-bond donors (Lipinski definition) is 1. The van der Waals surface area contributed by atoms with Gasteiger partial charge in [-0.3, -0.25) is 0 Å². The highest BCUT2D eigenvalue weighted by molar-refractivity contribution is 9.10. The van der Waals surface area contributed by atoms with Gasteiger partial charge >= 0.3 is 5.97 Å². The van der Waals surface area contributed by atoms with Crippen molar-refractivity contribution < 1.29 is 14.6 Å². The Kier molecular flexibility index (Phi) is 5.09. The smallest absolute Gasteiger partial charge is 0.335 e. The number of ether oxygens (including phenoxy) is 1. The fourth-order valence-electron chi connectivity index (χ4n) is 1.65. The van der Waals surface area contributed by atoms with E-state index in [1.165, 1.54) is 0 Å². The summed E-state index contributed by atoms with van der Waals surface area (Å²) in [5, 5.41) is 8.93. The van der Waals surface area contributed by atoms with Crippen LogP contribution in [0, 0.1) is 0 Å². The minimum atomic E-state index is -0.919. The second-order valence-electron chi connectivity index (χ2n) is 4.08. The number of benzene rings is 2. The molecule has 0 saturated carbocycles. The molecular formula is C15H13BrO3S. The van der Waals surface area contributed by atoms with Crippen LogP contribution in [0.15, 0.2) is 51.8 Å². The highest BCUT2D eigenvalue weighted by Crippen LogP contribution is 2.29. The van der Waals surface area contributed by atoms with Crippen molar-refractivity contribution in [1.82, 2.24) is 0 Å². The van der Waals surface area contributed by atoms with E-state index in [9.17, 15) is 4.79 Å². The van der Waals surface area contributed by atoms with Crippen LogP contribution < -0.4 is 4.74 Å². The first-order valence-electron chi connectivity index (χ1n) is 5.88. The van der Waals surface area contributed by atoms with Gasteiger partial charge in [0, 0.05) is 15.1 Å². The summed E-state index contributed by atoms with van der Waals surface area (Å²) in [7, 11) is 1.64. The van der Waals surface area contributed by atoms with Crippen molar-refractivity contribution in [1.29, 1.82) is 0 Å². The molecule has 0 bridgehead atoms. The Hall–Kier alpha value is -1.46. The Morgan fingerprint density at radius 1 is 1.30 bits per heavy atom. The SMILES string of the molecule is COc1cccc(SCc2ccc(C(=O)O)cc2Br)c1. The Labute approximate surface area is 130 Å². The first-order valence-corrected chi connectivity index (χ1v) is 7.66. The third kappa shape index (κ3) is 3.77. The third-order valence-corrected chi connectivity index (χ3v) is 4.52. The van der Waals surface area contributed by atoms with Gasteiger partial charge in [-0.15, -0.1) is 11.8 Å². The number of carbonyl (C=O) groups is 1. The van der Waals surface area contributed by atoms with Crippen LogP contribution in [0.4, 0.5) is 0 Å². The maximum Gasteiger partial charge on any atom is 0.335 e. The number of carboxylic acid groups (broad SMARTS) is 1. The van der Waals surface area contributed by atoms with E-state index in [4.69, 9.17) is 9.84 Å².